The molecule has 0 fully saturated rings. The van der Waals surface area contributed by atoms with E-state index in [1.165, 1.54) is 11.8 Å². The topological polar surface area (TPSA) is 78.5 Å². The highest BCUT2D eigenvalue weighted by Crippen LogP contribution is 2.29. The Morgan fingerprint density at radius 1 is 0.963 bits per heavy atom. The zero-order valence-corrected chi connectivity index (χ0v) is 16.4. The van der Waals surface area contributed by atoms with Gasteiger partial charge in [0.1, 0.15) is 6.54 Å². The molecule has 0 aliphatic rings. The Labute approximate surface area is 167 Å². The summed E-state index contributed by atoms with van der Waals surface area (Å²) in [6.45, 7) is 3.38. The maximum atomic E-state index is 12.6. The summed E-state index contributed by atoms with van der Waals surface area (Å²) in [5.74, 6) is -0.901. The number of hydrogen-bond acceptors (Lipinski definition) is 3. The van der Waals surface area contributed by atoms with Gasteiger partial charge in [0.2, 0.25) is 11.8 Å². The first-order valence-electron chi connectivity index (χ1n) is 8.22. The highest BCUT2D eigenvalue weighted by Gasteiger charge is 2.18. The minimum absolute atomic E-state index is 0.148. The van der Waals surface area contributed by atoms with Gasteiger partial charge in [0.15, 0.2) is 0 Å². The third kappa shape index (κ3) is 5.70. The maximum Gasteiger partial charge on any atom is 0.254 e. The van der Waals surface area contributed by atoms with Gasteiger partial charge < -0.3 is 15.5 Å². The SMILES string of the molecule is CCN(CC(=O)Nc1c(Cl)cccc1Cl)C(=O)c1ccc(NC(C)=O)cc1. The van der Waals surface area contributed by atoms with Gasteiger partial charge in [-0.2, -0.15) is 0 Å². The number of benzene rings is 2. The highest BCUT2D eigenvalue weighted by molar-refractivity contribution is 6.39. The molecule has 0 radical (unpaired) electrons. The Balaban J connectivity index is 2.06. The largest absolute Gasteiger partial charge is 0.330 e. The molecule has 0 unspecified atom stereocenters. The van der Waals surface area contributed by atoms with Gasteiger partial charge in [-0.15, -0.1) is 0 Å². The Bertz CT molecular complexity index is 834. The molecule has 6 nitrogen and oxygen atoms in total. The smallest absolute Gasteiger partial charge is 0.254 e. The van der Waals surface area contributed by atoms with Crippen LogP contribution in [0.25, 0.3) is 0 Å². The lowest BCUT2D eigenvalue weighted by Crippen LogP contribution is -2.37. The van der Waals surface area contributed by atoms with Crippen LogP contribution in [0.5, 0.6) is 0 Å². The average Bonchev–Trinajstić information content (AvgIpc) is 2.62. The van der Waals surface area contributed by atoms with E-state index >= 15 is 0 Å². The molecule has 0 saturated carbocycles. The summed E-state index contributed by atoms with van der Waals surface area (Å²) in [5, 5.41) is 5.90. The molecule has 0 spiro atoms. The fraction of sp³-hybridized carbons (Fsp3) is 0.211. The maximum absolute atomic E-state index is 12.6. The van der Waals surface area contributed by atoms with Gasteiger partial charge in [-0.3, -0.25) is 14.4 Å². The first-order chi connectivity index (χ1) is 12.8. The molecular formula is C19H19Cl2N3O3. The lowest BCUT2D eigenvalue weighted by molar-refractivity contribution is -0.117. The van der Waals surface area contributed by atoms with E-state index in [1.807, 2.05) is 0 Å². The van der Waals surface area contributed by atoms with Gasteiger partial charge in [-0.1, -0.05) is 29.3 Å². The van der Waals surface area contributed by atoms with E-state index in [2.05, 4.69) is 10.6 Å². The number of para-hydroxylation sites is 1. The molecule has 2 rings (SSSR count). The van der Waals surface area contributed by atoms with Crippen LogP contribution >= 0.6 is 23.2 Å². The van der Waals surface area contributed by atoms with Gasteiger partial charge in [0, 0.05) is 24.7 Å². The van der Waals surface area contributed by atoms with Crippen LogP contribution in [0.2, 0.25) is 10.0 Å². The van der Waals surface area contributed by atoms with Crippen molar-refractivity contribution in [2.24, 2.45) is 0 Å². The van der Waals surface area contributed by atoms with E-state index in [4.69, 9.17) is 23.2 Å². The van der Waals surface area contributed by atoms with Crippen molar-refractivity contribution in [3.8, 4) is 0 Å². The summed E-state index contributed by atoms with van der Waals surface area (Å²) < 4.78 is 0. The second-order valence-corrected chi connectivity index (χ2v) is 6.54. The zero-order valence-electron chi connectivity index (χ0n) is 14.9. The Kier molecular flexibility index (Phi) is 7.21. The standard InChI is InChI=1S/C19H19Cl2N3O3/c1-3-24(11-17(26)23-18-15(20)5-4-6-16(18)21)19(27)13-7-9-14(10-8-13)22-12(2)25/h4-10H,3,11H2,1-2H3,(H,22,25)(H,23,26). The summed E-state index contributed by atoms with van der Waals surface area (Å²) in [4.78, 5) is 37.4. The second-order valence-electron chi connectivity index (χ2n) is 5.72. The van der Waals surface area contributed by atoms with Crippen molar-refractivity contribution in [2.75, 3.05) is 23.7 Å². The van der Waals surface area contributed by atoms with Gasteiger partial charge in [0.05, 0.1) is 15.7 Å². The van der Waals surface area contributed by atoms with Crippen molar-refractivity contribution in [3.05, 3.63) is 58.1 Å². The first-order valence-corrected chi connectivity index (χ1v) is 8.98. The van der Waals surface area contributed by atoms with Crippen LogP contribution in [0.1, 0.15) is 24.2 Å². The van der Waals surface area contributed by atoms with Gasteiger partial charge in [-0.05, 0) is 43.3 Å². The van der Waals surface area contributed by atoms with Crippen molar-refractivity contribution in [3.63, 3.8) is 0 Å². The molecule has 8 heteroatoms. The van der Waals surface area contributed by atoms with Crippen LogP contribution in [0.3, 0.4) is 0 Å². The van der Waals surface area contributed by atoms with E-state index in [0.717, 1.165) is 0 Å². The molecule has 2 aromatic carbocycles. The summed E-state index contributed by atoms with van der Waals surface area (Å²) in [6, 6.07) is 11.4. The predicted octanol–water partition coefficient (Wildman–Crippen LogP) is 4.05. The molecule has 142 valence electrons. The third-order valence-electron chi connectivity index (χ3n) is 3.68. The van der Waals surface area contributed by atoms with Crippen LogP contribution in [0.4, 0.5) is 11.4 Å². The van der Waals surface area contributed by atoms with Crippen molar-refractivity contribution >= 4 is 52.3 Å². The molecule has 2 N–H and O–H groups in total. The average molecular weight is 408 g/mol. The van der Waals surface area contributed by atoms with Crippen molar-refractivity contribution in [2.45, 2.75) is 13.8 Å². The lowest BCUT2D eigenvalue weighted by atomic mass is 10.1. The van der Waals surface area contributed by atoms with Crippen LogP contribution in [-0.2, 0) is 9.59 Å². The highest BCUT2D eigenvalue weighted by atomic mass is 35.5. The quantitative estimate of drug-likeness (QED) is 0.757. The monoisotopic (exact) mass is 407 g/mol. The third-order valence-corrected chi connectivity index (χ3v) is 4.31. The minimum Gasteiger partial charge on any atom is -0.330 e. The first kappa shape index (κ1) is 20.7. The van der Waals surface area contributed by atoms with Crippen molar-refractivity contribution in [1.29, 1.82) is 0 Å². The number of halogens is 2. The Hall–Kier alpha value is -2.57. The normalized spacial score (nSPS) is 10.2. The number of likely N-dealkylation sites (N-methyl/N-ethyl adjacent to an activating group) is 1. The predicted molar refractivity (Wildman–Crippen MR) is 107 cm³/mol. The molecule has 0 bridgehead atoms. The van der Waals surface area contributed by atoms with E-state index < -0.39 is 5.91 Å². The van der Waals surface area contributed by atoms with E-state index in [0.29, 0.717) is 33.5 Å². The summed E-state index contributed by atoms with van der Waals surface area (Å²) in [6.07, 6.45) is 0. The summed E-state index contributed by atoms with van der Waals surface area (Å²) in [7, 11) is 0. The van der Waals surface area contributed by atoms with Crippen LogP contribution in [-0.4, -0.2) is 35.7 Å². The zero-order chi connectivity index (χ0) is 20.0. The molecule has 0 saturated heterocycles. The number of rotatable bonds is 6. The molecule has 0 aliphatic heterocycles. The minimum atomic E-state index is -0.407. The van der Waals surface area contributed by atoms with Crippen molar-refractivity contribution in [1.82, 2.24) is 4.90 Å². The molecule has 2 aromatic rings. The number of hydrogen-bond donors (Lipinski definition) is 2. The molecular weight excluding hydrogens is 389 g/mol. The van der Waals surface area contributed by atoms with Gasteiger partial charge >= 0.3 is 0 Å². The number of amides is 3. The van der Waals surface area contributed by atoms with Gasteiger partial charge in [0.25, 0.3) is 5.91 Å². The van der Waals surface area contributed by atoms with E-state index in [1.54, 1.807) is 49.4 Å². The summed E-state index contributed by atoms with van der Waals surface area (Å²) >= 11 is 12.1. The van der Waals surface area contributed by atoms with Gasteiger partial charge in [-0.25, -0.2) is 0 Å². The number of carbonyl (C=O) groups excluding carboxylic acids is 3. The molecule has 0 atom stereocenters. The Morgan fingerprint density at radius 3 is 2.07 bits per heavy atom. The molecule has 0 heterocycles. The van der Waals surface area contributed by atoms with E-state index in [9.17, 15) is 14.4 Å². The van der Waals surface area contributed by atoms with Crippen LogP contribution in [0, 0.1) is 0 Å². The molecule has 0 aromatic heterocycles. The number of anilines is 2. The lowest BCUT2D eigenvalue weighted by Gasteiger charge is -2.21. The van der Waals surface area contributed by atoms with Crippen LogP contribution in [0.15, 0.2) is 42.5 Å². The number of nitrogens with zero attached hydrogens (tertiary/aromatic N) is 1. The van der Waals surface area contributed by atoms with E-state index in [-0.39, 0.29) is 18.4 Å². The summed E-state index contributed by atoms with van der Waals surface area (Å²) in [5.41, 5.74) is 1.32. The van der Waals surface area contributed by atoms with Crippen molar-refractivity contribution < 1.29 is 14.4 Å². The fourth-order valence-corrected chi connectivity index (χ4v) is 2.87. The molecule has 0 aliphatic carbocycles. The number of nitrogens with one attached hydrogen (secondary N) is 2. The molecule has 27 heavy (non-hydrogen) atoms. The Morgan fingerprint density at radius 2 is 1.56 bits per heavy atom. The fourth-order valence-electron chi connectivity index (χ4n) is 2.38. The number of carbonyl (C=O) groups is 3. The molecule has 3 amide bonds. The van der Waals surface area contributed by atoms with Crippen LogP contribution < -0.4 is 10.6 Å². The second kappa shape index (κ2) is 9.39.